The number of anilines is 1. The van der Waals surface area contributed by atoms with Crippen molar-refractivity contribution < 1.29 is 19.1 Å². The smallest absolute Gasteiger partial charge is 0.337 e. The fourth-order valence-corrected chi connectivity index (χ4v) is 1.76. The number of halogens is 1. The van der Waals surface area contributed by atoms with Gasteiger partial charge in [0, 0.05) is 10.6 Å². The van der Waals surface area contributed by atoms with E-state index in [1.54, 1.807) is 13.0 Å². The molecule has 0 atom stereocenters. The second-order valence-electron chi connectivity index (χ2n) is 3.88. The van der Waals surface area contributed by atoms with Gasteiger partial charge in [-0.15, -0.1) is 0 Å². The summed E-state index contributed by atoms with van der Waals surface area (Å²) >= 11 is 5.79. The van der Waals surface area contributed by atoms with Gasteiger partial charge in [0.05, 0.1) is 17.5 Å². The number of carbonyl (C=O) groups is 2. The molecule has 19 heavy (non-hydrogen) atoms. The van der Waals surface area contributed by atoms with Gasteiger partial charge in [-0.1, -0.05) is 11.6 Å². The molecule has 0 fully saturated rings. The molecule has 98 valence electrons. The van der Waals surface area contributed by atoms with Crippen molar-refractivity contribution in [1.82, 2.24) is 0 Å². The maximum atomic E-state index is 11.9. The molecular formula is C13H10ClNO4. The molecular weight excluding hydrogens is 270 g/mol. The van der Waals surface area contributed by atoms with Crippen LogP contribution in [-0.2, 0) is 0 Å². The topological polar surface area (TPSA) is 79.5 Å². The minimum atomic E-state index is -1.15. The van der Waals surface area contributed by atoms with Gasteiger partial charge in [-0.3, -0.25) is 4.79 Å². The maximum absolute atomic E-state index is 11.9. The Morgan fingerprint density at radius 1 is 1.32 bits per heavy atom. The summed E-state index contributed by atoms with van der Waals surface area (Å²) in [7, 11) is 0. The molecule has 0 aliphatic rings. The third-order valence-electron chi connectivity index (χ3n) is 2.53. The number of carboxylic acid groups (broad SMARTS) is 1. The van der Waals surface area contributed by atoms with Crippen LogP contribution in [0.25, 0.3) is 0 Å². The van der Waals surface area contributed by atoms with E-state index in [4.69, 9.17) is 21.1 Å². The van der Waals surface area contributed by atoms with Crippen LogP contribution >= 0.6 is 11.6 Å². The number of furan rings is 1. The van der Waals surface area contributed by atoms with Gasteiger partial charge in [-0.25, -0.2) is 4.79 Å². The van der Waals surface area contributed by atoms with E-state index < -0.39 is 11.9 Å². The van der Waals surface area contributed by atoms with Crippen LogP contribution in [0.1, 0.15) is 26.5 Å². The first-order valence-corrected chi connectivity index (χ1v) is 5.75. The van der Waals surface area contributed by atoms with E-state index in [0.717, 1.165) is 0 Å². The van der Waals surface area contributed by atoms with Crippen molar-refractivity contribution in [1.29, 1.82) is 0 Å². The van der Waals surface area contributed by atoms with E-state index in [-0.39, 0.29) is 17.0 Å². The zero-order valence-electron chi connectivity index (χ0n) is 9.94. The maximum Gasteiger partial charge on any atom is 0.337 e. The van der Waals surface area contributed by atoms with Crippen LogP contribution in [0.2, 0.25) is 5.02 Å². The van der Waals surface area contributed by atoms with Crippen molar-refractivity contribution in [3.8, 4) is 0 Å². The fourth-order valence-electron chi connectivity index (χ4n) is 1.59. The first-order valence-electron chi connectivity index (χ1n) is 5.37. The summed E-state index contributed by atoms with van der Waals surface area (Å²) in [5.74, 6) is -1.54. The highest BCUT2D eigenvalue weighted by Crippen LogP contribution is 2.22. The molecule has 0 unspecified atom stereocenters. The van der Waals surface area contributed by atoms with Crippen molar-refractivity contribution in [2.75, 3.05) is 5.32 Å². The van der Waals surface area contributed by atoms with E-state index >= 15 is 0 Å². The van der Waals surface area contributed by atoms with Crippen molar-refractivity contribution in [2.24, 2.45) is 0 Å². The third kappa shape index (κ3) is 2.77. The molecule has 1 heterocycles. The Bertz CT molecular complexity index is 648. The lowest BCUT2D eigenvalue weighted by atomic mass is 10.1. The highest BCUT2D eigenvalue weighted by atomic mass is 35.5. The molecule has 1 aromatic heterocycles. The zero-order chi connectivity index (χ0) is 14.0. The molecule has 0 radical (unpaired) electrons. The Hall–Kier alpha value is -2.27. The van der Waals surface area contributed by atoms with Gasteiger partial charge < -0.3 is 14.8 Å². The zero-order valence-corrected chi connectivity index (χ0v) is 10.7. The monoisotopic (exact) mass is 279 g/mol. The van der Waals surface area contributed by atoms with Crippen molar-refractivity contribution in [3.05, 3.63) is 52.4 Å². The van der Waals surface area contributed by atoms with Gasteiger partial charge in [0.15, 0.2) is 5.76 Å². The number of hydrogen-bond donors (Lipinski definition) is 2. The van der Waals surface area contributed by atoms with Crippen LogP contribution < -0.4 is 5.32 Å². The number of carboxylic acids is 1. The molecule has 1 aromatic carbocycles. The SMILES string of the molecule is Cc1ccoc1C(=O)Nc1cc(Cl)ccc1C(=O)O. The number of amides is 1. The van der Waals surface area contributed by atoms with Crippen molar-refractivity contribution in [2.45, 2.75) is 6.92 Å². The van der Waals surface area contributed by atoms with Crippen LogP contribution in [0, 0.1) is 6.92 Å². The standard InChI is InChI=1S/C13H10ClNO4/c1-7-4-5-19-11(7)12(16)15-10-6-8(14)2-3-9(10)13(17)18/h2-6H,1H3,(H,15,16)(H,17,18). The number of rotatable bonds is 3. The summed E-state index contributed by atoms with van der Waals surface area (Å²) in [5, 5.41) is 11.8. The number of carbonyl (C=O) groups excluding carboxylic acids is 1. The molecule has 6 heteroatoms. The van der Waals surface area contributed by atoms with E-state index in [2.05, 4.69) is 5.32 Å². The van der Waals surface area contributed by atoms with E-state index in [0.29, 0.717) is 10.6 Å². The first kappa shape index (κ1) is 13.2. The van der Waals surface area contributed by atoms with Crippen molar-refractivity contribution in [3.63, 3.8) is 0 Å². The minimum absolute atomic E-state index is 0.0399. The summed E-state index contributed by atoms with van der Waals surface area (Å²) < 4.78 is 5.04. The van der Waals surface area contributed by atoms with Crippen LogP contribution in [0.3, 0.4) is 0 Å². The van der Waals surface area contributed by atoms with Gasteiger partial charge in [0.2, 0.25) is 0 Å². The average Bonchev–Trinajstić information content (AvgIpc) is 2.75. The third-order valence-corrected chi connectivity index (χ3v) is 2.76. The predicted octanol–water partition coefficient (Wildman–Crippen LogP) is 3.19. The molecule has 0 bridgehead atoms. The Morgan fingerprint density at radius 2 is 2.05 bits per heavy atom. The lowest BCUT2D eigenvalue weighted by molar-refractivity contribution is 0.0698. The Labute approximate surface area is 113 Å². The van der Waals surface area contributed by atoms with Gasteiger partial charge in [-0.05, 0) is 31.2 Å². The Balaban J connectivity index is 2.33. The summed E-state index contributed by atoms with van der Waals surface area (Å²) in [5.41, 5.74) is 0.749. The quantitative estimate of drug-likeness (QED) is 0.904. The molecule has 0 saturated carbocycles. The molecule has 5 nitrogen and oxygen atoms in total. The Morgan fingerprint density at radius 3 is 2.63 bits per heavy atom. The molecule has 0 spiro atoms. The Kier molecular flexibility index (Phi) is 3.57. The molecule has 0 saturated heterocycles. The largest absolute Gasteiger partial charge is 0.478 e. The second-order valence-corrected chi connectivity index (χ2v) is 4.32. The summed E-state index contributed by atoms with van der Waals surface area (Å²) in [6, 6.07) is 5.79. The van der Waals surface area contributed by atoms with E-state index in [9.17, 15) is 9.59 Å². The van der Waals surface area contributed by atoms with Gasteiger partial charge in [0.25, 0.3) is 5.91 Å². The molecule has 2 rings (SSSR count). The van der Waals surface area contributed by atoms with E-state index in [1.165, 1.54) is 24.5 Å². The fraction of sp³-hybridized carbons (Fsp3) is 0.0769. The number of aryl methyl sites for hydroxylation is 1. The van der Waals surface area contributed by atoms with Crippen LogP contribution in [-0.4, -0.2) is 17.0 Å². The predicted molar refractivity (Wildman–Crippen MR) is 69.8 cm³/mol. The summed E-state index contributed by atoms with van der Waals surface area (Å²) in [6.45, 7) is 1.72. The molecule has 2 aromatic rings. The first-order chi connectivity index (χ1) is 8.99. The number of hydrogen-bond acceptors (Lipinski definition) is 3. The van der Waals surface area contributed by atoms with Gasteiger partial charge in [-0.2, -0.15) is 0 Å². The minimum Gasteiger partial charge on any atom is -0.478 e. The summed E-state index contributed by atoms with van der Waals surface area (Å²) in [4.78, 5) is 23.0. The van der Waals surface area contributed by atoms with Crippen LogP contribution in [0.5, 0.6) is 0 Å². The highest BCUT2D eigenvalue weighted by molar-refractivity contribution is 6.31. The average molecular weight is 280 g/mol. The van der Waals surface area contributed by atoms with Crippen LogP contribution in [0.4, 0.5) is 5.69 Å². The lowest BCUT2D eigenvalue weighted by Gasteiger charge is -2.08. The summed E-state index contributed by atoms with van der Waals surface area (Å²) in [6.07, 6.45) is 1.39. The van der Waals surface area contributed by atoms with Crippen LogP contribution in [0.15, 0.2) is 34.9 Å². The number of benzene rings is 1. The normalized spacial score (nSPS) is 10.2. The van der Waals surface area contributed by atoms with E-state index in [1.807, 2.05) is 0 Å². The second kappa shape index (κ2) is 5.16. The molecule has 2 N–H and O–H groups in total. The van der Waals surface area contributed by atoms with Crippen molar-refractivity contribution >= 4 is 29.2 Å². The highest BCUT2D eigenvalue weighted by Gasteiger charge is 2.17. The number of aromatic carboxylic acids is 1. The lowest BCUT2D eigenvalue weighted by Crippen LogP contribution is -2.15. The van der Waals surface area contributed by atoms with Gasteiger partial charge >= 0.3 is 5.97 Å². The van der Waals surface area contributed by atoms with Gasteiger partial charge in [0.1, 0.15) is 0 Å². The number of nitrogens with one attached hydrogen (secondary N) is 1. The molecule has 0 aliphatic heterocycles. The molecule has 1 amide bonds. The molecule has 0 aliphatic carbocycles.